The van der Waals surface area contributed by atoms with Crippen molar-refractivity contribution in [1.29, 1.82) is 0 Å². The number of hydrogen-bond acceptors (Lipinski definition) is 2. The maximum absolute atomic E-state index is 12.4. The molecule has 0 atom stereocenters. The van der Waals surface area contributed by atoms with Crippen LogP contribution in [0.3, 0.4) is 0 Å². The van der Waals surface area contributed by atoms with Crippen LogP contribution in [-0.2, 0) is 6.18 Å². The average molecular weight is 367 g/mol. The van der Waals surface area contributed by atoms with Gasteiger partial charge < -0.3 is 5.73 Å². The summed E-state index contributed by atoms with van der Waals surface area (Å²) in [6.45, 7) is 0. The summed E-state index contributed by atoms with van der Waals surface area (Å²) in [6, 6.07) is 0. The lowest BCUT2D eigenvalue weighted by molar-refractivity contribution is -0.138. The van der Waals surface area contributed by atoms with Crippen LogP contribution in [-0.4, -0.2) is 4.98 Å². The van der Waals surface area contributed by atoms with E-state index in [0.29, 0.717) is 0 Å². The zero-order valence-corrected chi connectivity index (χ0v) is 9.74. The fourth-order valence-corrected chi connectivity index (χ4v) is 2.37. The fraction of sp³-hybridized carbons (Fsp3) is 0.167. The largest absolute Gasteiger partial charge is 0.418 e. The molecule has 13 heavy (non-hydrogen) atoms. The Bertz CT molecular complexity index is 339. The molecule has 0 amide bonds. The van der Waals surface area contributed by atoms with E-state index in [1.165, 1.54) is 0 Å². The van der Waals surface area contributed by atoms with Crippen molar-refractivity contribution in [3.8, 4) is 0 Å². The normalized spacial score (nSPS) is 11.8. The minimum absolute atomic E-state index is 0.0196. The minimum atomic E-state index is -4.41. The highest BCUT2D eigenvalue weighted by Crippen LogP contribution is 2.39. The summed E-state index contributed by atoms with van der Waals surface area (Å²) in [6.07, 6.45) is -3.32. The molecule has 1 heterocycles. The van der Waals surface area contributed by atoms with Gasteiger partial charge in [-0.1, -0.05) is 0 Å². The molecule has 72 valence electrons. The third-order valence-electron chi connectivity index (χ3n) is 1.28. The van der Waals surface area contributed by atoms with Gasteiger partial charge in [0.15, 0.2) is 0 Å². The Kier molecular flexibility index (Phi) is 3.05. The molecule has 7 heteroatoms. The summed E-state index contributed by atoms with van der Waals surface area (Å²) in [7, 11) is 0. The van der Waals surface area contributed by atoms with Crippen LogP contribution >= 0.6 is 38.5 Å². The van der Waals surface area contributed by atoms with Crippen LogP contribution in [0.4, 0.5) is 19.0 Å². The van der Waals surface area contributed by atoms with Crippen molar-refractivity contribution in [2.45, 2.75) is 6.18 Å². The molecule has 0 spiro atoms. The van der Waals surface area contributed by atoms with E-state index in [-0.39, 0.29) is 13.9 Å². The monoisotopic (exact) mass is 366 g/mol. The van der Waals surface area contributed by atoms with Gasteiger partial charge in [0.25, 0.3) is 0 Å². The average Bonchev–Trinajstić information content (AvgIpc) is 1.95. The van der Waals surface area contributed by atoms with Gasteiger partial charge in [0.05, 0.1) is 10.0 Å². The van der Waals surface area contributed by atoms with Crippen molar-refractivity contribution in [3.05, 3.63) is 19.8 Å². The summed E-state index contributed by atoms with van der Waals surface area (Å²) in [4.78, 5) is 3.58. The van der Waals surface area contributed by atoms with Crippen LogP contribution in [0.1, 0.15) is 5.56 Å². The van der Waals surface area contributed by atoms with Crippen molar-refractivity contribution in [3.63, 3.8) is 0 Å². The molecule has 0 saturated heterocycles. The first-order valence-electron chi connectivity index (χ1n) is 3.00. The number of alkyl halides is 3. The molecule has 0 saturated carbocycles. The fourth-order valence-electron chi connectivity index (χ4n) is 0.740. The number of hydrogen-bond donors (Lipinski definition) is 1. The van der Waals surface area contributed by atoms with Gasteiger partial charge in [-0.15, -0.1) is 0 Å². The van der Waals surface area contributed by atoms with E-state index in [1.807, 2.05) is 0 Å². The molecule has 2 nitrogen and oxygen atoms in total. The number of nitrogen functional groups attached to an aromatic ring is 1. The second-order valence-electron chi connectivity index (χ2n) is 2.18. The van der Waals surface area contributed by atoms with E-state index in [9.17, 15) is 13.2 Å². The lowest BCUT2D eigenvalue weighted by atomic mass is 10.2. The molecular weight excluding hydrogens is 364 g/mol. The van der Waals surface area contributed by atoms with E-state index in [2.05, 4.69) is 20.9 Å². The number of nitrogens with zero attached hydrogens (tertiary/aromatic N) is 1. The summed E-state index contributed by atoms with van der Waals surface area (Å²) >= 11 is 4.31. The highest BCUT2D eigenvalue weighted by molar-refractivity contribution is 14.1. The zero-order valence-electron chi connectivity index (χ0n) is 5.99. The van der Waals surface area contributed by atoms with Gasteiger partial charge in [0.1, 0.15) is 5.82 Å². The maximum atomic E-state index is 12.4. The number of aromatic nitrogens is 1. The predicted molar refractivity (Wildman–Crippen MR) is 54.1 cm³/mol. The molecule has 1 aromatic heterocycles. The summed E-state index contributed by atoms with van der Waals surface area (Å²) in [5, 5.41) is 0. The van der Waals surface area contributed by atoms with Gasteiger partial charge in [-0.05, 0) is 38.5 Å². The molecule has 1 aromatic rings. The highest BCUT2D eigenvalue weighted by atomic mass is 127. The Balaban J connectivity index is 3.43. The molecule has 1 rings (SSSR count). The van der Waals surface area contributed by atoms with E-state index in [0.717, 1.165) is 6.20 Å². The maximum Gasteiger partial charge on any atom is 0.418 e. The Morgan fingerprint density at radius 3 is 2.38 bits per heavy atom. The number of pyridine rings is 1. The van der Waals surface area contributed by atoms with Crippen LogP contribution < -0.4 is 5.73 Å². The summed E-state index contributed by atoms with van der Waals surface area (Å²) in [5.41, 5.74) is 4.45. The van der Waals surface area contributed by atoms with Crippen molar-refractivity contribution in [1.82, 2.24) is 4.98 Å². The van der Waals surface area contributed by atoms with Gasteiger partial charge in [0.2, 0.25) is 0 Å². The zero-order chi connectivity index (χ0) is 10.2. The summed E-state index contributed by atoms with van der Waals surface area (Å²) < 4.78 is 36.9. The lowest BCUT2D eigenvalue weighted by Crippen LogP contribution is -2.11. The molecule has 0 fully saturated rings. The second-order valence-corrected chi connectivity index (χ2v) is 4.13. The Morgan fingerprint density at radius 2 is 2.00 bits per heavy atom. The van der Waals surface area contributed by atoms with Crippen LogP contribution in [0.2, 0.25) is 0 Å². The van der Waals surface area contributed by atoms with E-state index >= 15 is 0 Å². The number of nitrogens with two attached hydrogens (primary N) is 1. The lowest BCUT2D eigenvalue weighted by Gasteiger charge is -2.11. The smallest absolute Gasteiger partial charge is 0.383 e. The van der Waals surface area contributed by atoms with Gasteiger partial charge >= 0.3 is 6.18 Å². The van der Waals surface area contributed by atoms with Gasteiger partial charge in [0, 0.05) is 9.77 Å². The first-order valence-corrected chi connectivity index (χ1v) is 4.88. The van der Waals surface area contributed by atoms with Crippen molar-refractivity contribution in [2.24, 2.45) is 0 Å². The molecule has 0 aliphatic heterocycles. The molecule has 0 bridgehead atoms. The Labute approximate surface area is 94.0 Å². The molecule has 0 radical (unpaired) electrons. The minimum Gasteiger partial charge on any atom is -0.383 e. The number of rotatable bonds is 0. The SMILES string of the molecule is Nc1ncc(I)c(C(F)(F)F)c1Br. The van der Waals surface area contributed by atoms with Crippen LogP contribution in [0, 0.1) is 3.57 Å². The quantitative estimate of drug-likeness (QED) is 0.717. The molecule has 0 aromatic carbocycles. The molecule has 0 aliphatic carbocycles. The highest BCUT2D eigenvalue weighted by Gasteiger charge is 2.36. The van der Waals surface area contributed by atoms with Gasteiger partial charge in [-0.3, -0.25) is 0 Å². The topological polar surface area (TPSA) is 38.9 Å². The van der Waals surface area contributed by atoms with Gasteiger partial charge in [-0.25, -0.2) is 4.98 Å². The first kappa shape index (κ1) is 11.0. The first-order chi connectivity index (χ1) is 5.84. The van der Waals surface area contributed by atoms with Crippen molar-refractivity contribution < 1.29 is 13.2 Å². The number of halogens is 5. The van der Waals surface area contributed by atoms with E-state index in [1.54, 1.807) is 22.6 Å². The van der Waals surface area contributed by atoms with E-state index < -0.39 is 11.7 Å². The molecule has 0 aliphatic rings. The molecular formula is C6H3BrF3IN2. The predicted octanol–water partition coefficient (Wildman–Crippen LogP) is 3.05. The molecule has 0 unspecified atom stereocenters. The van der Waals surface area contributed by atoms with Crippen LogP contribution in [0.25, 0.3) is 0 Å². The second kappa shape index (κ2) is 3.60. The number of anilines is 1. The third kappa shape index (κ3) is 2.25. The Morgan fingerprint density at radius 1 is 1.46 bits per heavy atom. The van der Waals surface area contributed by atoms with Crippen molar-refractivity contribution in [2.75, 3.05) is 5.73 Å². The standard InChI is InChI=1S/C6H3BrF3IN2/c7-4-3(6(8,9)10)2(11)1-13-5(4)12/h1H,(H2,12,13). The van der Waals surface area contributed by atoms with Crippen LogP contribution in [0.5, 0.6) is 0 Å². The van der Waals surface area contributed by atoms with E-state index in [4.69, 9.17) is 5.73 Å². The van der Waals surface area contributed by atoms with Gasteiger partial charge in [-0.2, -0.15) is 13.2 Å². The molecule has 2 N–H and O–H groups in total. The van der Waals surface area contributed by atoms with Crippen molar-refractivity contribution >= 4 is 44.3 Å². The third-order valence-corrected chi connectivity index (χ3v) is 2.90. The Hall–Kier alpha value is -0.0500. The summed E-state index contributed by atoms with van der Waals surface area (Å²) in [5.74, 6) is -0.159. The van der Waals surface area contributed by atoms with Crippen LogP contribution in [0.15, 0.2) is 10.7 Å².